The third-order valence-corrected chi connectivity index (χ3v) is 10.1. The minimum atomic E-state index is -4.38. The molecule has 1 saturated carbocycles. The molecule has 0 spiro atoms. The molecule has 3 fully saturated rings. The highest BCUT2D eigenvalue weighted by Crippen LogP contribution is 2.40. The summed E-state index contributed by atoms with van der Waals surface area (Å²) in [4.78, 5) is 14.9. The van der Waals surface area contributed by atoms with Crippen LogP contribution in [-0.2, 0) is 19.6 Å². The van der Waals surface area contributed by atoms with E-state index in [0.717, 1.165) is 36.3 Å². The van der Waals surface area contributed by atoms with Crippen molar-refractivity contribution in [2.45, 2.75) is 59.9 Å². The lowest BCUT2D eigenvalue weighted by molar-refractivity contribution is -0.134. The van der Waals surface area contributed by atoms with Gasteiger partial charge in [0.05, 0.1) is 21.7 Å². The first kappa shape index (κ1) is 28.5. The van der Waals surface area contributed by atoms with Crippen LogP contribution >= 0.6 is 23.4 Å². The van der Waals surface area contributed by atoms with Crippen LogP contribution in [0, 0.1) is 17.6 Å². The molecule has 1 aliphatic carbocycles. The van der Waals surface area contributed by atoms with Crippen LogP contribution in [0.2, 0.25) is 5.02 Å². The number of amides is 1. The lowest BCUT2D eigenvalue weighted by Crippen LogP contribution is -2.49. The van der Waals surface area contributed by atoms with Gasteiger partial charge in [0, 0.05) is 36.3 Å². The standard InChI is InChI=1S/C26H29ClF3N3O4S2/c27-22-10-21(39(35,36)32-26(34)25-15-1-4-19(9-15)37-25)11-23(30)24(22)31-18(7-8-33-12-17(29)13-33)14-38-20-5-2-16(28)3-6-20/h2-3,5-6,10-11,15,17-19,25,31H,1,4,7-9,12-14H2,(H,32,34)/t15?,18-,19?,25?/m1/s1. The number of sulfonamides is 1. The van der Waals surface area contributed by atoms with Crippen LogP contribution in [-0.4, -0.2) is 69.0 Å². The van der Waals surface area contributed by atoms with Gasteiger partial charge in [0.15, 0.2) is 0 Å². The Balaban J connectivity index is 1.27. The summed E-state index contributed by atoms with van der Waals surface area (Å²) in [7, 11) is -4.38. The van der Waals surface area contributed by atoms with Gasteiger partial charge in [0.2, 0.25) is 0 Å². The number of hydrogen-bond donors (Lipinski definition) is 2. The van der Waals surface area contributed by atoms with Gasteiger partial charge in [-0.3, -0.25) is 9.69 Å². The summed E-state index contributed by atoms with van der Waals surface area (Å²) in [6, 6.07) is 7.58. The third kappa shape index (κ3) is 6.84. The largest absolute Gasteiger partial charge is 0.378 e. The summed E-state index contributed by atoms with van der Waals surface area (Å²) >= 11 is 7.78. The maximum Gasteiger partial charge on any atom is 0.264 e. The fourth-order valence-electron chi connectivity index (χ4n) is 5.22. The number of rotatable bonds is 11. The third-order valence-electron chi connectivity index (χ3n) is 7.33. The first-order valence-corrected chi connectivity index (χ1v) is 15.6. The summed E-state index contributed by atoms with van der Waals surface area (Å²) in [5.41, 5.74) is -0.0740. The van der Waals surface area contributed by atoms with E-state index in [1.165, 1.54) is 23.9 Å². The Kier molecular flexibility index (Phi) is 8.68. The molecule has 2 saturated heterocycles. The number of ether oxygens (including phenoxy) is 1. The average Bonchev–Trinajstić information content (AvgIpc) is 3.50. The molecule has 0 aromatic heterocycles. The van der Waals surface area contributed by atoms with E-state index in [4.69, 9.17) is 16.3 Å². The van der Waals surface area contributed by atoms with Gasteiger partial charge in [-0.2, -0.15) is 0 Å². The Hall–Kier alpha value is -1.99. The van der Waals surface area contributed by atoms with Crippen LogP contribution < -0.4 is 10.0 Å². The van der Waals surface area contributed by atoms with Crippen molar-refractivity contribution in [3.63, 3.8) is 0 Å². The van der Waals surface area contributed by atoms with Gasteiger partial charge in [-0.25, -0.2) is 26.3 Å². The predicted molar refractivity (Wildman–Crippen MR) is 143 cm³/mol. The molecule has 2 aliphatic heterocycles. The fourth-order valence-corrected chi connectivity index (χ4v) is 7.55. The number of halogens is 4. The second kappa shape index (κ2) is 11.9. The van der Waals surface area contributed by atoms with Gasteiger partial charge in [0.1, 0.15) is 23.9 Å². The zero-order chi connectivity index (χ0) is 27.7. The van der Waals surface area contributed by atoms with E-state index in [2.05, 4.69) is 5.32 Å². The Bertz CT molecular complexity index is 1290. The van der Waals surface area contributed by atoms with Crippen molar-refractivity contribution in [3.8, 4) is 0 Å². The molecule has 212 valence electrons. The number of likely N-dealkylation sites (tertiary alicyclic amines) is 1. The van der Waals surface area contributed by atoms with E-state index >= 15 is 4.39 Å². The highest BCUT2D eigenvalue weighted by Gasteiger charge is 2.45. The maximum atomic E-state index is 15.2. The summed E-state index contributed by atoms with van der Waals surface area (Å²) in [6.07, 6.45) is 1.21. The Morgan fingerprint density at radius 1 is 1.18 bits per heavy atom. The van der Waals surface area contributed by atoms with Crippen LogP contribution in [0.5, 0.6) is 0 Å². The summed E-state index contributed by atoms with van der Waals surface area (Å²) < 4.78 is 75.1. The highest BCUT2D eigenvalue weighted by atomic mass is 35.5. The van der Waals surface area contributed by atoms with Crippen molar-refractivity contribution in [1.82, 2.24) is 9.62 Å². The molecule has 2 N–H and O–H groups in total. The van der Waals surface area contributed by atoms with Gasteiger partial charge in [-0.1, -0.05) is 11.6 Å². The number of hydrogen-bond acceptors (Lipinski definition) is 7. The van der Waals surface area contributed by atoms with E-state index in [-0.39, 0.29) is 34.6 Å². The molecule has 3 aliphatic rings. The molecular weight excluding hydrogens is 575 g/mol. The monoisotopic (exact) mass is 603 g/mol. The Labute approximate surface area is 234 Å². The second-order valence-electron chi connectivity index (χ2n) is 10.2. The number of anilines is 1. The fraction of sp³-hybridized carbons (Fsp3) is 0.500. The number of fused-ring (bicyclic) bond motifs is 2. The predicted octanol–water partition coefficient (Wildman–Crippen LogP) is 4.61. The number of carbonyl (C=O) groups excluding carboxylic acids is 1. The summed E-state index contributed by atoms with van der Waals surface area (Å²) in [6.45, 7) is 1.27. The SMILES string of the molecule is O=C(NS(=O)(=O)c1cc(F)c(N[C@H](CCN2CC(F)C2)CSc2ccc(F)cc2)c(Cl)c1)C1OC2CCC1C2. The quantitative estimate of drug-likeness (QED) is 0.363. The zero-order valence-electron chi connectivity index (χ0n) is 20.9. The molecule has 0 radical (unpaired) electrons. The molecular formula is C26H29ClF3N3O4S2. The number of carbonyl (C=O) groups is 1. The molecule has 39 heavy (non-hydrogen) atoms. The molecule has 5 rings (SSSR count). The van der Waals surface area contributed by atoms with E-state index in [1.807, 2.05) is 9.62 Å². The minimum Gasteiger partial charge on any atom is -0.378 e. The van der Waals surface area contributed by atoms with Gasteiger partial charge in [-0.05, 0) is 68.0 Å². The van der Waals surface area contributed by atoms with E-state index in [1.54, 1.807) is 12.1 Å². The van der Waals surface area contributed by atoms with Crippen molar-refractivity contribution in [1.29, 1.82) is 0 Å². The molecule has 2 bridgehead atoms. The van der Waals surface area contributed by atoms with Gasteiger partial charge >= 0.3 is 0 Å². The first-order valence-electron chi connectivity index (χ1n) is 12.8. The Morgan fingerprint density at radius 2 is 1.92 bits per heavy atom. The average molecular weight is 604 g/mol. The van der Waals surface area contributed by atoms with Crippen molar-refractivity contribution in [2.75, 3.05) is 30.7 Å². The second-order valence-corrected chi connectivity index (χ2v) is 13.4. The lowest BCUT2D eigenvalue weighted by Gasteiger charge is -2.35. The van der Waals surface area contributed by atoms with Crippen LogP contribution in [0.3, 0.4) is 0 Å². The van der Waals surface area contributed by atoms with Crippen LogP contribution in [0.4, 0.5) is 18.9 Å². The number of benzene rings is 2. The molecule has 2 aromatic rings. The van der Waals surface area contributed by atoms with E-state index in [0.29, 0.717) is 31.8 Å². The van der Waals surface area contributed by atoms with Crippen molar-refractivity contribution in [2.24, 2.45) is 5.92 Å². The van der Waals surface area contributed by atoms with Crippen molar-refractivity contribution in [3.05, 3.63) is 53.1 Å². The topological polar surface area (TPSA) is 87.7 Å². The molecule has 7 nitrogen and oxygen atoms in total. The van der Waals surface area contributed by atoms with Gasteiger partial charge in [0.25, 0.3) is 15.9 Å². The van der Waals surface area contributed by atoms with E-state index in [9.17, 15) is 22.0 Å². The molecule has 3 unspecified atom stereocenters. The minimum absolute atomic E-state index is 0.0196. The smallest absolute Gasteiger partial charge is 0.264 e. The van der Waals surface area contributed by atoms with E-state index < -0.39 is 38.9 Å². The number of nitrogens with one attached hydrogen (secondary N) is 2. The molecule has 1 amide bonds. The summed E-state index contributed by atoms with van der Waals surface area (Å²) in [5, 5.41) is 2.91. The zero-order valence-corrected chi connectivity index (χ0v) is 23.3. The normalized spacial score (nSPS) is 23.9. The van der Waals surface area contributed by atoms with Crippen LogP contribution in [0.1, 0.15) is 25.7 Å². The Morgan fingerprint density at radius 3 is 2.54 bits per heavy atom. The van der Waals surface area contributed by atoms with Gasteiger partial charge < -0.3 is 10.1 Å². The van der Waals surface area contributed by atoms with Crippen LogP contribution in [0.25, 0.3) is 0 Å². The van der Waals surface area contributed by atoms with Gasteiger partial charge in [-0.15, -0.1) is 11.8 Å². The van der Waals surface area contributed by atoms with Crippen molar-refractivity contribution >= 4 is 45.0 Å². The first-order chi connectivity index (χ1) is 18.6. The van der Waals surface area contributed by atoms with Crippen molar-refractivity contribution < 1.29 is 31.1 Å². The summed E-state index contributed by atoms with van der Waals surface area (Å²) in [5.74, 6) is -1.56. The molecule has 2 aromatic carbocycles. The maximum absolute atomic E-state index is 15.2. The molecule has 2 heterocycles. The highest BCUT2D eigenvalue weighted by molar-refractivity contribution is 7.99. The number of nitrogens with zero attached hydrogens (tertiary/aromatic N) is 1. The lowest BCUT2D eigenvalue weighted by atomic mass is 10.0. The molecule has 13 heteroatoms. The molecule has 4 atom stereocenters. The number of alkyl halides is 1. The van der Waals surface area contributed by atoms with Crippen LogP contribution in [0.15, 0.2) is 46.2 Å². The number of thioether (sulfide) groups is 1.